The molecule has 2 rings (SSSR count). The Kier molecular flexibility index (Phi) is 3.94. The number of hydrogen-bond acceptors (Lipinski definition) is 4. The minimum atomic E-state index is -0.216. The van der Waals surface area contributed by atoms with Gasteiger partial charge in [0.1, 0.15) is 11.4 Å². The van der Waals surface area contributed by atoms with Crippen molar-refractivity contribution in [3.8, 4) is 5.75 Å². The van der Waals surface area contributed by atoms with E-state index in [2.05, 4.69) is 9.69 Å². The number of amides is 1. The summed E-state index contributed by atoms with van der Waals surface area (Å²) in [5.74, 6) is 0.451. The Bertz CT molecular complexity index is 551. The highest BCUT2D eigenvalue weighted by molar-refractivity contribution is 7.05. The zero-order valence-electron chi connectivity index (χ0n) is 10.3. The highest BCUT2D eigenvalue weighted by atomic mass is 32.1. The number of benzene rings is 1. The fourth-order valence-corrected chi connectivity index (χ4v) is 2.05. The first-order chi connectivity index (χ1) is 8.70. The molecule has 2 aromatic rings. The van der Waals surface area contributed by atoms with Crippen LogP contribution in [-0.4, -0.2) is 16.9 Å². The van der Waals surface area contributed by atoms with Gasteiger partial charge in [0.2, 0.25) is 0 Å². The predicted molar refractivity (Wildman–Crippen MR) is 72.4 cm³/mol. The number of carbonyl (C=O) groups excluding carboxylic acids is 1. The number of nitrogens with one attached hydrogen (secondary N) is 1. The molecular weight excluding hydrogens is 248 g/mol. The van der Waals surface area contributed by atoms with E-state index in [1.807, 2.05) is 38.1 Å². The van der Waals surface area contributed by atoms with Crippen molar-refractivity contribution in [1.82, 2.24) is 4.37 Å². The Morgan fingerprint density at radius 3 is 2.89 bits per heavy atom. The van der Waals surface area contributed by atoms with Gasteiger partial charge in [-0.05, 0) is 43.6 Å². The third-order valence-corrected chi connectivity index (χ3v) is 2.99. The number of aromatic nitrogens is 1. The van der Waals surface area contributed by atoms with Crippen molar-refractivity contribution >= 4 is 23.1 Å². The van der Waals surface area contributed by atoms with Crippen molar-refractivity contribution in [2.24, 2.45) is 0 Å². The van der Waals surface area contributed by atoms with Crippen LogP contribution < -0.4 is 10.1 Å². The van der Waals surface area contributed by atoms with Gasteiger partial charge in [0.15, 0.2) is 0 Å². The number of ether oxygens (including phenoxy) is 1. The lowest BCUT2D eigenvalue weighted by Gasteiger charge is -2.10. The highest BCUT2D eigenvalue weighted by Gasteiger charge is 2.12. The molecule has 94 valence electrons. The van der Waals surface area contributed by atoms with Gasteiger partial charge in [0.25, 0.3) is 5.91 Å². The molecule has 1 N–H and O–H groups in total. The number of rotatable bonds is 4. The summed E-state index contributed by atoms with van der Waals surface area (Å²) in [5.41, 5.74) is 1.10. The average Bonchev–Trinajstić information content (AvgIpc) is 2.79. The topological polar surface area (TPSA) is 51.2 Å². The van der Waals surface area contributed by atoms with Crippen molar-refractivity contribution in [2.45, 2.75) is 13.8 Å². The van der Waals surface area contributed by atoms with Crippen molar-refractivity contribution in [3.05, 3.63) is 40.9 Å². The summed E-state index contributed by atoms with van der Waals surface area (Å²) < 4.78 is 9.52. The van der Waals surface area contributed by atoms with Gasteiger partial charge >= 0.3 is 0 Å². The van der Waals surface area contributed by atoms with E-state index in [1.165, 1.54) is 11.5 Å². The monoisotopic (exact) mass is 262 g/mol. The van der Waals surface area contributed by atoms with Crippen LogP contribution in [0.15, 0.2) is 30.3 Å². The van der Waals surface area contributed by atoms with Gasteiger partial charge in [-0.2, -0.15) is 4.37 Å². The second kappa shape index (κ2) is 5.64. The number of carbonyl (C=O) groups is 1. The lowest BCUT2D eigenvalue weighted by Crippen LogP contribution is -2.13. The first kappa shape index (κ1) is 12.6. The largest absolute Gasteiger partial charge is 0.492 e. The Hall–Kier alpha value is -1.88. The second-order valence-electron chi connectivity index (χ2n) is 3.71. The van der Waals surface area contributed by atoms with Crippen LogP contribution in [0.2, 0.25) is 0 Å². The predicted octanol–water partition coefficient (Wildman–Crippen LogP) is 3.10. The van der Waals surface area contributed by atoms with Crippen molar-refractivity contribution in [2.75, 3.05) is 11.9 Å². The fourth-order valence-electron chi connectivity index (χ4n) is 1.51. The summed E-state index contributed by atoms with van der Waals surface area (Å²) in [5, 5.41) is 2.81. The summed E-state index contributed by atoms with van der Waals surface area (Å²) in [7, 11) is 0. The number of para-hydroxylation sites is 2. The molecule has 0 bridgehead atoms. The van der Waals surface area contributed by atoms with Crippen molar-refractivity contribution in [3.63, 3.8) is 0 Å². The molecule has 0 atom stereocenters. The van der Waals surface area contributed by atoms with E-state index < -0.39 is 0 Å². The molecular formula is C13H14N2O2S. The van der Waals surface area contributed by atoms with Crippen LogP contribution in [0.5, 0.6) is 5.75 Å². The maximum absolute atomic E-state index is 12.0. The van der Waals surface area contributed by atoms with Crippen LogP contribution in [-0.2, 0) is 0 Å². The van der Waals surface area contributed by atoms with Crippen molar-refractivity contribution in [1.29, 1.82) is 0 Å². The third kappa shape index (κ3) is 2.87. The van der Waals surface area contributed by atoms with Crippen LogP contribution in [0.4, 0.5) is 5.69 Å². The molecule has 0 saturated heterocycles. The van der Waals surface area contributed by atoms with Crippen LogP contribution in [0.1, 0.15) is 22.3 Å². The van der Waals surface area contributed by atoms with Crippen molar-refractivity contribution < 1.29 is 9.53 Å². The van der Waals surface area contributed by atoms with E-state index in [0.717, 1.165) is 4.88 Å². The number of anilines is 1. The SMILES string of the molecule is CCOc1ccccc1NC(=O)c1cc(C)sn1. The number of aryl methyl sites for hydroxylation is 1. The normalized spacial score (nSPS) is 10.1. The zero-order chi connectivity index (χ0) is 13.0. The van der Waals surface area contributed by atoms with E-state index in [0.29, 0.717) is 23.7 Å². The lowest BCUT2D eigenvalue weighted by molar-refractivity contribution is 0.102. The molecule has 0 aliphatic rings. The fraction of sp³-hybridized carbons (Fsp3) is 0.231. The molecule has 0 radical (unpaired) electrons. The maximum atomic E-state index is 12.0. The molecule has 0 saturated carbocycles. The Morgan fingerprint density at radius 2 is 2.22 bits per heavy atom. The molecule has 1 aromatic heterocycles. The Labute approximate surface area is 110 Å². The molecule has 0 spiro atoms. The Morgan fingerprint density at radius 1 is 1.44 bits per heavy atom. The van der Waals surface area contributed by atoms with Gasteiger partial charge in [0, 0.05) is 4.88 Å². The van der Waals surface area contributed by atoms with Gasteiger partial charge in [-0.25, -0.2) is 0 Å². The minimum absolute atomic E-state index is 0.216. The Balaban J connectivity index is 2.16. The average molecular weight is 262 g/mol. The zero-order valence-corrected chi connectivity index (χ0v) is 11.1. The summed E-state index contributed by atoms with van der Waals surface area (Å²) in [6, 6.07) is 9.12. The van der Waals surface area contributed by atoms with Gasteiger partial charge in [-0.15, -0.1) is 0 Å². The number of hydrogen-bond donors (Lipinski definition) is 1. The van der Waals surface area contributed by atoms with Gasteiger partial charge in [-0.1, -0.05) is 12.1 Å². The molecule has 5 heteroatoms. The van der Waals surface area contributed by atoms with E-state index >= 15 is 0 Å². The van der Waals surface area contributed by atoms with Crippen LogP contribution >= 0.6 is 11.5 Å². The van der Waals surface area contributed by atoms with Crippen LogP contribution in [0, 0.1) is 6.92 Å². The van der Waals surface area contributed by atoms with Crippen LogP contribution in [0.25, 0.3) is 0 Å². The van der Waals surface area contributed by atoms with E-state index in [9.17, 15) is 4.79 Å². The molecule has 0 fully saturated rings. The first-order valence-corrected chi connectivity index (χ1v) is 6.44. The smallest absolute Gasteiger partial charge is 0.275 e. The molecule has 1 heterocycles. The molecule has 4 nitrogen and oxygen atoms in total. The summed E-state index contributed by atoms with van der Waals surface area (Å²) >= 11 is 1.32. The van der Waals surface area contributed by atoms with E-state index in [1.54, 1.807) is 6.07 Å². The highest BCUT2D eigenvalue weighted by Crippen LogP contribution is 2.24. The standard InChI is InChI=1S/C13H14N2O2S/c1-3-17-12-7-5-4-6-10(12)14-13(16)11-8-9(2)18-15-11/h4-8H,3H2,1-2H3,(H,14,16). The van der Waals surface area contributed by atoms with E-state index in [-0.39, 0.29) is 5.91 Å². The minimum Gasteiger partial charge on any atom is -0.492 e. The molecule has 0 unspecified atom stereocenters. The molecule has 0 aliphatic carbocycles. The number of nitrogens with zero attached hydrogens (tertiary/aromatic N) is 1. The van der Waals surface area contributed by atoms with Gasteiger partial charge in [0.05, 0.1) is 12.3 Å². The second-order valence-corrected chi connectivity index (χ2v) is 4.72. The third-order valence-electron chi connectivity index (χ3n) is 2.30. The molecule has 18 heavy (non-hydrogen) atoms. The van der Waals surface area contributed by atoms with E-state index in [4.69, 9.17) is 4.74 Å². The maximum Gasteiger partial charge on any atom is 0.275 e. The summed E-state index contributed by atoms with van der Waals surface area (Å²) in [6.07, 6.45) is 0. The molecule has 0 aliphatic heterocycles. The quantitative estimate of drug-likeness (QED) is 0.921. The molecule has 1 amide bonds. The lowest BCUT2D eigenvalue weighted by atomic mass is 10.2. The summed E-state index contributed by atoms with van der Waals surface area (Å²) in [4.78, 5) is 13.0. The first-order valence-electron chi connectivity index (χ1n) is 5.67. The van der Waals surface area contributed by atoms with Crippen LogP contribution in [0.3, 0.4) is 0 Å². The van der Waals surface area contributed by atoms with Gasteiger partial charge in [-0.3, -0.25) is 4.79 Å². The molecule has 1 aromatic carbocycles. The summed E-state index contributed by atoms with van der Waals surface area (Å²) in [6.45, 7) is 4.38. The van der Waals surface area contributed by atoms with Gasteiger partial charge < -0.3 is 10.1 Å².